The molecule has 2 aliphatic rings. The van der Waals surface area contributed by atoms with Gasteiger partial charge in [0.1, 0.15) is 0 Å². The zero-order valence-corrected chi connectivity index (χ0v) is 11.9. The standard InChI is InChI=1S/C14H28N4O/c15-7-12-17-10-5-13(6-11-17)16-14(19)18-8-3-1-2-4-9-18/h13H,1-12,15H2,(H,16,19). The molecule has 5 heteroatoms. The third-order valence-electron chi connectivity index (χ3n) is 4.25. The van der Waals surface area contributed by atoms with E-state index in [1.807, 2.05) is 4.90 Å². The summed E-state index contributed by atoms with van der Waals surface area (Å²) < 4.78 is 0. The van der Waals surface area contributed by atoms with E-state index >= 15 is 0 Å². The smallest absolute Gasteiger partial charge is 0.317 e. The molecule has 0 aliphatic carbocycles. The average molecular weight is 268 g/mol. The molecule has 110 valence electrons. The van der Waals surface area contributed by atoms with Crippen molar-refractivity contribution in [1.82, 2.24) is 15.1 Å². The summed E-state index contributed by atoms with van der Waals surface area (Å²) in [5, 5.41) is 3.21. The van der Waals surface area contributed by atoms with Gasteiger partial charge in [-0.05, 0) is 25.7 Å². The lowest BCUT2D eigenvalue weighted by Crippen LogP contribution is -2.50. The summed E-state index contributed by atoms with van der Waals surface area (Å²) >= 11 is 0. The Hall–Kier alpha value is -0.810. The van der Waals surface area contributed by atoms with Gasteiger partial charge in [-0.2, -0.15) is 0 Å². The Morgan fingerprint density at radius 1 is 1.05 bits per heavy atom. The Morgan fingerprint density at radius 3 is 2.26 bits per heavy atom. The average Bonchev–Trinajstić information content (AvgIpc) is 2.70. The number of nitrogens with two attached hydrogens (primary N) is 1. The van der Waals surface area contributed by atoms with Gasteiger partial charge in [-0.1, -0.05) is 12.8 Å². The van der Waals surface area contributed by atoms with Gasteiger partial charge in [0.2, 0.25) is 0 Å². The minimum absolute atomic E-state index is 0.152. The molecule has 0 aromatic heterocycles. The second-order valence-electron chi connectivity index (χ2n) is 5.76. The van der Waals surface area contributed by atoms with Crippen LogP contribution in [-0.2, 0) is 0 Å². The molecule has 0 aromatic carbocycles. The zero-order chi connectivity index (χ0) is 13.5. The van der Waals surface area contributed by atoms with Crippen molar-refractivity contribution in [3.63, 3.8) is 0 Å². The van der Waals surface area contributed by atoms with Gasteiger partial charge in [0.15, 0.2) is 0 Å². The quantitative estimate of drug-likeness (QED) is 0.802. The minimum Gasteiger partial charge on any atom is -0.335 e. The molecule has 2 heterocycles. The van der Waals surface area contributed by atoms with Gasteiger partial charge in [-0.15, -0.1) is 0 Å². The molecule has 0 atom stereocenters. The van der Waals surface area contributed by atoms with E-state index in [0.717, 1.165) is 65.0 Å². The Bertz CT molecular complexity index is 269. The second-order valence-corrected chi connectivity index (χ2v) is 5.76. The lowest BCUT2D eigenvalue weighted by atomic mass is 10.1. The molecule has 0 aromatic rings. The minimum atomic E-state index is 0.152. The molecule has 2 fully saturated rings. The van der Waals surface area contributed by atoms with Crippen LogP contribution in [0.3, 0.4) is 0 Å². The van der Waals surface area contributed by atoms with Crippen LogP contribution < -0.4 is 11.1 Å². The predicted octanol–water partition coefficient (Wildman–Crippen LogP) is 0.995. The SMILES string of the molecule is NCCN1CCC(NC(=O)N2CCCCCC2)CC1. The van der Waals surface area contributed by atoms with Crippen molar-refractivity contribution in [3.05, 3.63) is 0 Å². The van der Waals surface area contributed by atoms with Crippen molar-refractivity contribution in [2.45, 2.75) is 44.6 Å². The second kappa shape index (κ2) is 7.70. The maximum Gasteiger partial charge on any atom is 0.317 e. The van der Waals surface area contributed by atoms with Crippen molar-refractivity contribution >= 4 is 6.03 Å². The van der Waals surface area contributed by atoms with Crippen LogP contribution in [0.5, 0.6) is 0 Å². The number of piperidine rings is 1. The van der Waals surface area contributed by atoms with Gasteiger partial charge < -0.3 is 20.9 Å². The molecular weight excluding hydrogens is 240 g/mol. The lowest BCUT2D eigenvalue weighted by molar-refractivity contribution is 0.174. The van der Waals surface area contributed by atoms with Crippen LogP contribution in [0, 0.1) is 0 Å². The number of urea groups is 1. The summed E-state index contributed by atoms with van der Waals surface area (Å²) in [7, 11) is 0. The van der Waals surface area contributed by atoms with E-state index in [0.29, 0.717) is 6.04 Å². The Morgan fingerprint density at radius 2 is 1.68 bits per heavy atom. The predicted molar refractivity (Wildman–Crippen MR) is 77.1 cm³/mol. The van der Waals surface area contributed by atoms with Gasteiger partial charge >= 0.3 is 6.03 Å². The van der Waals surface area contributed by atoms with E-state index in [1.54, 1.807) is 0 Å². The van der Waals surface area contributed by atoms with E-state index < -0.39 is 0 Å². The molecule has 3 N–H and O–H groups in total. The van der Waals surface area contributed by atoms with Crippen LogP contribution in [-0.4, -0.2) is 61.1 Å². The van der Waals surface area contributed by atoms with Gasteiger partial charge in [0.05, 0.1) is 0 Å². The molecule has 2 saturated heterocycles. The Balaban J connectivity index is 1.70. The molecule has 0 radical (unpaired) electrons. The highest BCUT2D eigenvalue weighted by Gasteiger charge is 2.22. The van der Waals surface area contributed by atoms with Crippen LogP contribution in [0.2, 0.25) is 0 Å². The maximum absolute atomic E-state index is 12.2. The van der Waals surface area contributed by atoms with Crippen LogP contribution in [0.15, 0.2) is 0 Å². The van der Waals surface area contributed by atoms with E-state index in [-0.39, 0.29) is 6.03 Å². The first-order valence-electron chi connectivity index (χ1n) is 7.77. The number of hydrogen-bond donors (Lipinski definition) is 2. The molecule has 2 aliphatic heterocycles. The maximum atomic E-state index is 12.2. The van der Waals surface area contributed by atoms with Crippen molar-refractivity contribution in [2.24, 2.45) is 5.73 Å². The van der Waals surface area contributed by atoms with Crippen molar-refractivity contribution in [1.29, 1.82) is 0 Å². The first-order chi connectivity index (χ1) is 9.29. The van der Waals surface area contributed by atoms with Crippen LogP contribution in [0.25, 0.3) is 0 Å². The fraction of sp³-hybridized carbons (Fsp3) is 0.929. The van der Waals surface area contributed by atoms with Crippen LogP contribution >= 0.6 is 0 Å². The number of amides is 2. The van der Waals surface area contributed by atoms with Gasteiger partial charge in [0, 0.05) is 45.3 Å². The molecular formula is C14H28N4O. The molecule has 2 rings (SSSR count). The highest BCUT2D eigenvalue weighted by Crippen LogP contribution is 2.12. The lowest BCUT2D eigenvalue weighted by Gasteiger charge is -2.33. The Kier molecular flexibility index (Phi) is 5.92. The van der Waals surface area contributed by atoms with Gasteiger partial charge in [-0.25, -0.2) is 4.79 Å². The molecule has 0 saturated carbocycles. The third kappa shape index (κ3) is 4.66. The largest absolute Gasteiger partial charge is 0.335 e. The molecule has 5 nitrogen and oxygen atoms in total. The normalized spacial score (nSPS) is 23.1. The molecule has 19 heavy (non-hydrogen) atoms. The van der Waals surface area contributed by atoms with E-state index in [4.69, 9.17) is 5.73 Å². The monoisotopic (exact) mass is 268 g/mol. The van der Waals surface area contributed by atoms with E-state index in [2.05, 4.69) is 10.2 Å². The van der Waals surface area contributed by atoms with E-state index in [1.165, 1.54) is 12.8 Å². The highest BCUT2D eigenvalue weighted by molar-refractivity contribution is 5.74. The number of likely N-dealkylation sites (tertiary alicyclic amines) is 2. The zero-order valence-electron chi connectivity index (χ0n) is 11.9. The summed E-state index contributed by atoms with van der Waals surface area (Å²) in [4.78, 5) is 16.6. The summed E-state index contributed by atoms with van der Waals surface area (Å²) in [6.07, 6.45) is 6.95. The summed E-state index contributed by atoms with van der Waals surface area (Å²) in [5.41, 5.74) is 5.57. The van der Waals surface area contributed by atoms with Crippen molar-refractivity contribution < 1.29 is 4.79 Å². The topological polar surface area (TPSA) is 61.6 Å². The number of rotatable bonds is 3. The van der Waals surface area contributed by atoms with Gasteiger partial charge in [-0.3, -0.25) is 0 Å². The number of carbonyl (C=O) groups is 1. The summed E-state index contributed by atoms with van der Waals surface area (Å²) in [6.45, 7) is 5.68. The van der Waals surface area contributed by atoms with E-state index in [9.17, 15) is 4.79 Å². The molecule has 0 spiro atoms. The van der Waals surface area contributed by atoms with Crippen molar-refractivity contribution in [2.75, 3.05) is 39.3 Å². The van der Waals surface area contributed by atoms with Crippen molar-refractivity contribution in [3.8, 4) is 0 Å². The van der Waals surface area contributed by atoms with Gasteiger partial charge in [0.25, 0.3) is 0 Å². The number of nitrogens with zero attached hydrogens (tertiary/aromatic N) is 2. The molecule has 0 unspecified atom stereocenters. The first-order valence-corrected chi connectivity index (χ1v) is 7.77. The fourth-order valence-corrected chi connectivity index (χ4v) is 3.02. The molecule has 2 amide bonds. The number of hydrogen-bond acceptors (Lipinski definition) is 3. The fourth-order valence-electron chi connectivity index (χ4n) is 3.02. The van der Waals surface area contributed by atoms with Crippen LogP contribution in [0.1, 0.15) is 38.5 Å². The number of carbonyl (C=O) groups excluding carboxylic acids is 1. The highest BCUT2D eigenvalue weighted by atomic mass is 16.2. The number of nitrogens with one attached hydrogen (secondary N) is 1. The third-order valence-corrected chi connectivity index (χ3v) is 4.25. The summed E-state index contributed by atoms with van der Waals surface area (Å²) in [5.74, 6) is 0. The summed E-state index contributed by atoms with van der Waals surface area (Å²) in [6, 6.07) is 0.504. The van der Waals surface area contributed by atoms with Crippen LogP contribution in [0.4, 0.5) is 4.79 Å². The molecule has 0 bridgehead atoms. The Labute approximate surface area is 116 Å². The first kappa shape index (κ1) is 14.6.